The zero-order chi connectivity index (χ0) is 24.8. The minimum atomic E-state index is -0.909. The fourth-order valence-corrected chi connectivity index (χ4v) is 4.69. The molecule has 4 rings (SSSR count). The topological polar surface area (TPSA) is 123 Å². The molecule has 11 nitrogen and oxygen atoms in total. The normalized spacial score (nSPS) is 22.3. The summed E-state index contributed by atoms with van der Waals surface area (Å²) in [6, 6.07) is 5.44. The van der Waals surface area contributed by atoms with E-state index in [0.717, 1.165) is 5.69 Å². The summed E-state index contributed by atoms with van der Waals surface area (Å²) >= 11 is 6.60. The van der Waals surface area contributed by atoms with Crippen LogP contribution in [0.5, 0.6) is 11.8 Å². The van der Waals surface area contributed by atoms with E-state index in [1.165, 1.54) is 11.1 Å². The molecule has 34 heavy (non-hydrogen) atoms. The summed E-state index contributed by atoms with van der Waals surface area (Å²) in [4.78, 5) is 29.5. The summed E-state index contributed by atoms with van der Waals surface area (Å²) in [5.41, 5.74) is -0.128. The highest BCUT2D eigenvalue weighted by Crippen LogP contribution is 2.36. The number of imidazole rings is 1. The number of benzene rings is 1. The van der Waals surface area contributed by atoms with Gasteiger partial charge in [0.15, 0.2) is 5.60 Å². The van der Waals surface area contributed by atoms with Crippen LogP contribution < -0.4 is 14.4 Å². The molecule has 0 saturated carbocycles. The van der Waals surface area contributed by atoms with Crippen LogP contribution in [0.25, 0.3) is 0 Å². The number of hydrogen-bond donors (Lipinski definition) is 1. The van der Waals surface area contributed by atoms with E-state index in [0.29, 0.717) is 37.0 Å². The van der Waals surface area contributed by atoms with Crippen molar-refractivity contribution in [1.82, 2.24) is 14.5 Å². The van der Waals surface area contributed by atoms with E-state index in [2.05, 4.69) is 9.88 Å². The van der Waals surface area contributed by atoms with Gasteiger partial charge in [-0.2, -0.15) is 0 Å². The standard InChI is InChI=1S/C22H28ClN5O6/c1-21(2,3)17-10-25(7-8-27(17)20(29)30)16-6-5-14(9-15(16)23)33-13-22(4)12-26-11-18(28(31)32)24-19(26)34-22/h5-6,9,11,17H,7-8,10,12-13H2,1-4H3,(H,29,30). The minimum absolute atomic E-state index is 0.174. The van der Waals surface area contributed by atoms with E-state index in [1.807, 2.05) is 39.8 Å². The second-order valence-corrected chi connectivity index (χ2v) is 10.4. The van der Waals surface area contributed by atoms with Crippen molar-refractivity contribution in [3.63, 3.8) is 0 Å². The number of carbonyl (C=O) groups is 1. The van der Waals surface area contributed by atoms with E-state index in [9.17, 15) is 20.0 Å². The van der Waals surface area contributed by atoms with Gasteiger partial charge < -0.3 is 34.5 Å². The van der Waals surface area contributed by atoms with E-state index < -0.39 is 16.6 Å². The molecule has 0 spiro atoms. The van der Waals surface area contributed by atoms with Gasteiger partial charge in [-0.25, -0.2) is 4.79 Å². The molecule has 2 atom stereocenters. The van der Waals surface area contributed by atoms with Crippen molar-refractivity contribution in [3.8, 4) is 11.8 Å². The first kappa shape index (κ1) is 23.9. The molecule has 0 radical (unpaired) electrons. The quantitative estimate of drug-likeness (QED) is 0.491. The maximum Gasteiger partial charge on any atom is 0.415 e. The molecule has 0 bridgehead atoms. The molecular weight excluding hydrogens is 466 g/mol. The largest absolute Gasteiger partial charge is 0.489 e. The Kier molecular flexibility index (Phi) is 6.01. The lowest BCUT2D eigenvalue weighted by Gasteiger charge is -2.46. The number of nitrogens with zero attached hydrogens (tertiary/aromatic N) is 5. The van der Waals surface area contributed by atoms with Gasteiger partial charge >= 0.3 is 17.9 Å². The van der Waals surface area contributed by atoms with Crippen LogP contribution in [0.2, 0.25) is 5.02 Å². The van der Waals surface area contributed by atoms with Gasteiger partial charge in [-0.3, -0.25) is 4.57 Å². The number of anilines is 1. The number of aromatic nitrogens is 2. The number of hydrogen-bond acceptors (Lipinski definition) is 7. The van der Waals surface area contributed by atoms with Crippen LogP contribution >= 0.6 is 11.6 Å². The van der Waals surface area contributed by atoms with Crippen molar-refractivity contribution in [2.24, 2.45) is 5.41 Å². The van der Waals surface area contributed by atoms with Crippen LogP contribution in [0.15, 0.2) is 24.4 Å². The zero-order valence-corrected chi connectivity index (χ0v) is 20.3. The SMILES string of the molecule is CC1(COc2ccc(N3CCN(C(=O)O)C(C(C)(C)C)C3)c(Cl)c2)Cn2cc([N+](=O)[O-])nc2O1. The van der Waals surface area contributed by atoms with E-state index in [1.54, 1.807) is 10.6 Å². The van der Waals surface area contributed by atoms with Gasteiger partial charge in [-0.1, -0.05) is 32.4 Å². The van der Waals surface area contributed by atoms with E-state index in [-0.39, 0.29) is 29.9 Å². The second-order valence-electron chi connectivity index (χ2n) is 10.0. The third-order valence-corrected chi connectivity index (χ3v) is 6.49. The van der Waals surface area contributed by atoms with Crippen LogP contribution in [-0.2, 0) is 6.54 Å². The molecule has 1 N–H and O–H groups in total. The first-order chi connectivity index (χ1) is 15.9. The van der Waals surface area contributed by atoms with Gasteiger partial charge in [0.2, 0.25) is 0 Å². The summed E-state index contributed by atoms with van der Waals surface area (Å²) in [5.74, 6) is 0.309. The number of piperazine rings is 1. The lowest BCUT2D eigenvalue weighted by Crippen LogP contribution is -2.59. The van der Waals surface area contributed by atoms with Crippen molar-refractivity contribution in [3.05, 3.63) is 39.5 Å². The maximum atomic E-state index is 11.7. The van der Waals surface area contributed by atoms with E-state index in [4.69, 9.17) is 21.1 Å². The smallest absolute Gasteiger partial charge is 0.415 e. The van der Waals surface area contributed by atoms with Gasteiger partial charge in [-0.15, -0.1) is 0 Å². The highest BCUT2D eigenvalue weighted by molar-refractivity contribution is 6.33. The van der Waals surface area contributed by atoms with Crippen molar-refractivity contribution in [1.29, 1.82) is 0 Å². The fraction of sp³-hybridized carbons (Fsp3) is 0.545. The highest BCUT2D eigenvalue weighted by Gasteiger charge is 2.41. The Morgan fingerprint density at radius 1 is 1.41 bits per heavy atom. The highest BCUT2D eigenvalue weighted by atomic mass is 35.5. The third kappa shape index (κ3) is 4.70. The second kappa shape index (κ2) is 8.53. The van der Waals surface area contributed by atoms with Crippen LogP contribution in [0, 0.1) is 15.5 Å². The summed E-state index contributed by atoms with van der Waals surface area (Å²) in [6.07, 6.45) is 0.440. The molecule has 1 aromatic heterocycles. The Balaban J connectivity index is 1.41. The lowest BCUT2D eigenvalue weighted by atomic mass is 9.84. The Hall–Kier alpha value is -3.21. The maximum absolute atomic E-state index is 11.7. The Morgan fingerprint density at radius 3 is 2.74 bits per heavy atom. The Morgan fingerprint density at radius 2 is 2.15 bits per heavy atom. The number of nitro groups is 1. The molecular formula is C22H28ClN5O6. The van der Waals surface area contributed by atoms with Crippen LogP contribution in [0.3, 0.4) is 0 Å². The first-order valence-corrected chi connectivity index (χ1v) is 11.3. The van der Waals surface area contributed by atoms with Gasteiger partial charge in [0.05, 0.1) is 23.3 Å². The summed E-state index contributed by atoms with van der Waals surface area (Å²) in [5, 5.41) is 21.0. The van der Waals surface area contributed by atoms with Gasteiger partial charge in [0.1, 0.15) is 18.6 Å². The monoisotopic (exact) mass is 493 g/mol. The third-order valence-electron chi connectivity index (χ3n) is 6.19. The molecule has 3 heterocycles. The average Bonchev–Trinajstić information content (AvgIpc) is 3.27. The number of ether oxygens (including phenoxy) is 2. The average molecular weight is 494 g/mol. The number of fused-ring (bicyclic) bond motifs is 1. The predicted molar refractivity (Wildman–Crippen MR) is 125 cm³/mol. The molecule has 2 aromatic rings. The van der Waals surface area contributed by atoms with Crippen molar-refractivity contribution in [2.45, 2.75) is 45.9 Å². The minimum Gasteiger partial charge on any atom is -0.489 e. The van der Waals surface area contributed by atoms with Crippen LogP contribution in [0.4, 0.5) is 16.3 Å². The number of halogens is 1. The van der Waals surface area contributed by atoms with Crippen LogP contribution in [-0.4, -0.2) is 68.5 Å². The number of rotatable bonds is 5. The summed E-state index contributed by atoms with van der Waals surface area (Å²) in [6.45, 7) is 10.00. The Bertz CT molecular complexity index is 1090. The molecule has 2 unspecified atom stereocenters. The van der Waals surface area contributed by atoms with Crippen molar-refractivity contribution >= 4 is 29.2 Å². The summed E-state index contributed by atoms with van der Waals surface area (Å²) in [7, 11) is 0. The molecule has 2 aliphatic heterocycles. The molecule has 1 amide bonds. The van der Waals surface area contributed by atoms with Crippen molar-refractivity contribution in [2.75, 3.05) is 31.1 Å². The van der Waals surface area contributed by atoms with Crippen LogP contribution in [0.1, 0.15) is 27.7 Å². The number of carboxylic acid groups (broad SMARTS) is 1. The lowest BCUT2D eigenvalue weighted by molar-refractivity contribution is -0.389. The van der Waals surface area contributed by atoms with Crippen molar-refractivity contribution < 1.29 is 24.3 Å². The Labute approximate surface area is 202 Å². The van der Waals surface area contributed by atoms with E-state index >= 15 is 0 Å². The van der Waals surface area contributed by atoms with Gasteiger partial charge in [0, 0.05) is 30.7 Å². The molecule has 12 heteroatoms. The molecule has 1 fully saturated rings. The predicted octanol–water partition coefficient (Wildman–Crippen LogP) is 3.89. The first-order valence-electron chi connectivity index (χ1n) is 10.9. The molecule has 1 aromatic carbocycles. The zero-order valence-electron chi connectivity index (χ0n) is 19.5. The molecule has 184 valence electrons. The van der Waals surface area contributed by atoms with Gasteiger partial charge in [0.25, 0.3) is 0 Å². The molecule has 2 aliphatic rings. The number of amides is 1. The van der Waals surface area contributed by atoms with Gasteiger partial charge in [-0.05, 0) is 29.4 Å². The molecule has 0 aliphatic carbocycles. The fourth-order valence-electron chi connectivity index (χ4n) is 4.40. The molecule has 1 saturated heterocycles. The summed E-state index contributed by atoms with van der Waals surface area (Å²) < 4.78 is 13.3.